The van der Waals surface area contributed by atoms with Gasteiger partial charge in [0.05, 0.1) is 24.8 Å². The largest absolute Gasteiger partial charge is 0.465 e. The first-order valence-corrected chi connectivity index (χ1v) is 8.48. The van der Waals surface area contributed by atoms with E-state index in [4.69, 9.17) is 4.42 Å². The Morgan fingerprint density at radius 2 is 1.78 bits per heavy atom. The van der Waals surface area contributed by atoms with Crippen molar-refractivity contribution >= 4 is 17.6 Å². The highest BCUT2D eigenvalue weighted by Crippen LogP contribution is 2.25. The second-order valence-electron chi connectivity index (χ2n) is 6.13. The lowest BCUT2D eigenvalue weighted by molar-refractivity contribution is -0.115. The van der Waals surface area contributed by atoms with E-state index in [0.717, 1.165) is 11.1 Å². The lowest BCUT2D eigenvalue weighted by Crippen LogP contribution is -2.15. The van der Waals surface area contributed by atoms with Gasteiger partial charge in [-0.25, -0.2) is 9.78 Å². The summed E-state index contributed by atoms with van der Waals surface area (Å²) in [4.78, 5) is 28.3. The van der Waals surface area contributed by atoms with Crippen LogP contribution in [0.3, 0.4) is 0 Å². The molecule has 0 aliphatic heterocycles. The van der Waals surface area contributed by atoms with Crippen LogP contribution in [0.15, 0.2) is 52.9 Å². The topological polar surface area (TPSA) is 81.4 Å². The number of hydrogen-bond acceptors (Lipinski definition) is 5. The molecule has 6 heteroatoms. The SMILES string of the molecule is COC(=O)c1ccc(NC(=O)Cc2nc(-c3ccccc3C)oc2C)cc1. The van der Waals surface area contributed by atoms with Crippen molar-refractivity contribution in [2.24, 2.45) is 0 Å². The zero-order valence-corrected chi connectivity index (χ0v) is 15.4. The maximum Gasteiger partial charge on any atom is 0.337 e. The first-order valence-electron chi connectivity index (χ1n) is 8.48. The number of oxazole rings is 1. The molecular formula is C21H20N2O4. The van der Waals surface area contributed by atoms with Crippen LogP contribution in [0.4, 0.5) is 5.69 Å². The summed E-state index contributed by atoms with van der Waals surface area (Å²) in [5, 5.41) is 2.79. The van der Waals surface area contributed by atoms with Crippen molar-refractivity contribution in [2.45, 2.75) is 20.3 Å². The van der Waals surface area contributed by atoms with E-state index >= 15 is 0 Å². The fourth-order valence-corrected chi connectivity index (χ4v) is 2.68. The Morgan fingerprint density at radius 3 is 2.44 bits per heavy atom. The number of amides is 1. The van der Waals surface area contributed by atoms with Gasteiger partial charge in [0, 0.05) is 11.3 Å². The van der Waals surface area contributed by atoms with Gasteiger partial charge in [0.25, 0.3) is 0 Å². The summed E-state index contributed by atoms with van der Waals surface area (Å²) < 4.78 is 10.4. The van der Waals surface area contributed by atoms with Gasteiger partial charge < -0.3 is 14.5 Å². The van der Waals surface area contributed by atoms with Gasteiger partial charge in [-0.05, 0) is 49.7 Å². The minimum Gasteiger partial charge on any atom is -0.465 e. The number of anilines is 1. The molecule has 0 aliphatic rings. The van der Waals surface area contributed by atoms with Crippen molar-refractivity contribution < 1.29 is 18.7 Å². The van der Waals surface area contributed by atoms with Crippen molar-refractivity contribution in [2.75, 3.05) is 12.4 Å². The van der Waals surface area contributed by atoms with Crippen LogP contribution in [0.1, 0.15) is 27.4 Å². The third-order valence-corrected chi connectivity index (χ3v) is 4.19. The van der Waals surface area contributed by atoms with E-state index in [0.29, 0.717) is 28.6 Å². The molecule has 138 valence electrons. The van der Waals surface area contributed by atoms with E-state index < -0.39 is 5.97 Å². The molecule has 0 fully saturated rings. The summed E-state index contributed by atoms with van der Waals surface area (Å²) in [6.07, 6.45) is 0.0972. The Labute approximate surface area is 157 Å². The van der Waals surface area contributed by atoms with Gasteiger partial charge in [0.1, 0.15) is 5.76 Å². The minimum atomic E-state index is -0.421. The maximum atomic E-state index is 12.3. The highest BCUT2D eigenvalue weighted by molar-refractivity contribution is 5.93. The molecule has 0 saturated carbocycles. The van der Waals surface area contributed by atoms with Crippen LogP contribution in [0.2, 0.25) is 0 Å². The number of aromatic nitrogens is 1. The zero-order valence-electron chi connectivity index (χ0n) is 15.4. The zero-order chi connectivity index (χ0) is 19.4. The predicted octanol–water partition coefficient (Wildman–Crippen LogP) is 3.93. The minimum absolute atomic E-state index is 0.0972. The van der Waals surface area contributed by atoms with Crippen LogP contribution in [-0.4, -0.2) is 24.0 Å². The quantitative estimate of drug-likeness (QED) is 0.694. The van der Waals surface area contributed by atoms with Crippen LogP contribution in [0.25, 0.3) is 11.5 Å². The number of rotatable bonds is 5. The number of esters is 1. The Morgan fingerprint density at radius 1 is 1.07 bits per heavy atom. The smallest absolute Gasteiger partial charge is 0.337 e. The van der Waals surface area contributed by atoms with Gasteiger partial charge in [0.15, 0.2) is 0 Å². The van der Waals surface area contributed by atoms with E-state index in [1.807, 2.05) is 31.2 Å². The molecule has 1 amide bonds. The molecule has 0 bridgehead atoms. The highest BCUT2D eigenvalue weighted by Gasteiger charge is 2.16. The van der Waals surface area contributed by atoms with Gasteiger partial charge in [0.2, 0.25) is 11.8 Å². The molecular weight excluding hydrogens is 344 g/mol. The van der Waals surface area contributed by atoms with E-state index in [-0.39, 0.29) is 12.3 Å². The van der Waals surface area contributed by atoms with E-state index in [1.54, 1.807) is 31.2 Å². The second kappa shape index (κ2) is 7.86. The lowest BCUT2D eigenvalue weighted by Gasteiger charge is -2.05. The van der Waals surface area contributed by atoms with Crippen molar-refractivity contribution in [3.8, 4) is 11.5 Å². The van der Waals surface area contributed by atoms with Gasteiger partial charge >= 0.3 is 5.97 Å². The van der Waals surface area contributed by atoms with Crippen molar-refractivity contribution in [1.29, 1.82) is 0 Å². The normalized spacial score (nSPS) is 10.5. The summed E-state index contributed by atoms with van der Waals surface area (Å²) in [5.74, 6) is 0.489. The Balaban J connectivity index is 1.69. The first-order chi connectivity index (χ1) is 13.0. The monoisotopic (exact) mass is 364 g/mol. The fourth-order valence-electron chi connectivity index (χ4n) is 2.68. The summed E-state index contributed by atoms with van der Waals surface area (Å²) in [7, 11) is 1.32. The Bertz CT molecular complexity index is 974. The number of benzene rings is 2. The van der Waals surface area contributed by atoms with Crippen LogP contribution in [0.5, 0.6) is 0 Å². The number of nitrogens with one attached hydrogen (secondary N) is 1. The van der Waals surface area contributed by atoms with Crippen molar-refractivity contribution in [1.82, 2.24) is 4.98 Å². The first kappa shape index (κ1) is 18.4. The van der Waals surface area contributed by atoms with E-state index in [1.165, 1.54) is 7.11 Å². The fraction of sp³-hybridized carbons (Fsp3) is 0.190. The molecule has 1 N–H and O–H groups in total. The van der Waals surface area contributed by atoms with Crippen molar-refractivity contribution in [3.05, 3.63) is 71.1 Å². The molecule has 0 unspecified atom stereocenters. The molecule has 0 atom stereocenters. The highest BCUT2D eigenvalue weighted by atomic mass is 16.5. The average Bonchev–Trinajstić information content (AvgIpc) is 3.02. The van der Waals surface area contributed by atoms with Gasteiger partial charge in [-0.3, -0.25) is 4.79 Å². The summed E-state index contributed by atoms with van der Waals surface area (Å²) in [5.41, 5.74) is 3.57. The van der Waals surface area contributed by atoms with Crippen LogP contribution in [-0.2, 0) is 16.0 Å². The Kier molecular flexibility index (Phi) is 5.35. The molecule has 3 rings (SSSR count). The second-order valence-corrected chi connectivity index (χ2v) is 6.13. The van der Waals surface area contributed by atoms with Gasteiger partial charge in [-0.2, -0.15) is 0 Å². The van der Waals surface area contributed by atoms with Gasteiger partial charge in [-0.15, -0.1) is 0 Å². The number of carbonyl (C=O) groups is 2. The van der Waals surface area contributed by atoms with Crippen LogP contribution in [0, 0.1) is 13.8 Å². The molecule has 0 radical (unpaired) electrons. The average molecular weight is 364 g/mol. The summed E-state index contributed by atoms with van der Waals surface area (Å²) in [6, 6.07) is 14.3. The third kappa shape index (κ3) is 4.23. The third-order valence-electron chi connectivity index (χ3n) is 4.19. The number of ether oxygens (including phenoxy) is 1. The maximum absolute atomic E-state index is 12.3. The van der Waals surface area contributed by atoms with Gasteiger partial charge in [-0.1, -0.05) is 18.2 Å². The summed E-state index contributed by atoms with van der Waals surface area (Å²) >= 11 is 0. The molecule has 1 heterocycles. The molecule has 3 aromatic rings. The van der Waals surface area contributed by atoms with E-state index in [9.17, 15) is 9.59 Å². The molecule has 6 nitrogen and oxygen atoms in total. The molecule has 1 aromatic heterocycles. The predicted molar refractivity (Wildman–Crippen MR) is 102 cm³/mol. The van der Waals surface area contributed by atoms with Crippen LogP contribution < -0.4 is 5.32 Å². The Hall–Kier alpha value is -3.41. The number of nitrogens with zero attached hydrogens (tertiary/aromatic N) is 1. The molecule has 0 spiro atoms. The molecule has 0 saturated heterocycles. The lowest BCUT2D eigenvalue weighted by atomic mass is 10.1. The number of hydrogen-bond donors (Lipinski definition) is 1. The molecule has 2 aromatic carbocycles. The number of aryl methyl sites for hydroxylation is 2. The summed E-state index contributed by atoms with van der Waals surface area (Å²) in [6.45, 7) is 3.78. The molecule has 27 heavy (non-hydrogen) atoms. The van der Waals surface area contributed by atoms with Crippen LogP contribution >= 0.6 is 0 Å². The number of methoxy groups -OCH3 is 1. The van der Waals surface area contributed by atoms with Crippen molar-refractivity contribution in [3.63, 3.8) is 0 Å². The standard InChI is InChI=1S/C21H20N2O4/c1-13-6-4-5-7-17(13)20-23-18(14(2)27-20)12-19(24)22-16-10-8-15(9-11-16)21(25)26-3/h4-11H,12H2,1-3H3,(H,22,24). The molecule has 0 aliphatic carbocycles. The van der Waals surface area contributed by atoms with E-state index in [2.05, 4.69) is 15.0 Å². The number of carbonyl (C=O) groups excluding carboxylic acids is 2.